The zero-order valence-electron chi connectivity index (χ0n) is 24.6. The maximum atomic E-state index is 14.6. The molecule has 4 heterocycles. The Hall–Kier alpha value is -4.28. The smallest absolute Gasteiger partial charge is 0.313 e. The van der Waals surface area contributed by atoms with E-state index in [1.807, 2.05) is 72.8 Å². The second kappa shape index (κ2) is 12.4. The first-order chi connectivity index (χ1) is 21.3. The van der Waals surface area contributed by atoms with E-state index in [1.54, 1.807) is 24.0 Å². The highest BCUT2D eigenvalue weighted by Crippen LogP contribution is 2.56. The van der Waals surface area contributed by atoms with E-state index < -0.39 is 53.6 Å². The summed E-state index contributed by atoms with van der Waals surface area (Å²) in [6.45, 7) is 1.89. The molecule has 1 spiro atoms. The molecule has 3 amide bonds. The second-order valence-corrected chi connectivity index (χ2v) is 11.8. The summed E-state index contributed by atoms with van der Waals surface area (Å²) in [5, 5.41) is 13.1. The molecule has 5 bridgehead atoms. The van der Waals surface area contributed by atoms with Crippen LogP contribution in [0.25, 0.3) is 0 Å². The molecule has 0 saturated carbocycles. The number of fused-ring (bicyclic) bond motifs is 2. The Morgan fingerprint density at radius 3 is 2.45 bits per heavy atom. The summed E-state index contributed by atoms with van der Waals surface area (Å²) in [6.07, 6.45) is 6.32. The van der Waals surface area contributed by atoms with Gasteiger partial charge in [-0.25, -0.2) is 0 Å². The number of likely N-dealkylation sites (tertiary alicyclic amines) is 1. The maximum Gasteiger partial charge on any atom is 0.313 e. The van der Waals surface area contributed by atoms with Gasteiger partial charge in [-0.3, -0.25) is 19.2 Å². The van der Waals surface area contributed by atoms with Crippen molar-refractivity contribution in [3.63, 3.8) is 0 Å². The minimum Gasteiger partial charge on any atom is -0.455 e. The minimum atomic E-state index is -1.39. The number of nitrogens with zero attached hydrogens (tertiary/aromatic N) is 2. The molecule has 7 atom stereocenters. The number of aliphatic hydroxyl groups excluding tert-OH is 1. The highest BCUT2D eigenvalue weighted by atomic mass is 16.6. The summed E-state index contributed by atoms with van der Waals surface area (Å²) in [6, 6.07) is 16.9. The van der Waals surface area contributed by atoms with Crippen molar-refractivity contribution in [2.24, 2.45) is 11.8 Å². The maximum absolute atomic E-state index is 14.6. The van der Waals surface area contributed by atoms with Gasteiger partial charge in [0.1, 0.15) is 23.7 Å². The van der Waals surface area contributed by atoms with Gasteiger partial charge >= 0.3 is 5.97 Å². The van der Waals surface area contributed by atoms with Crippen molar-refractivity contribution in [3.05, 3.63) is 96.1 Å². The molecule has 4 aliphatic rings. The number of aliphatic hydroxyl groups is 1. The molecule has 10 heteroatoms. The van der Waals surface area contributed by atoms with E-state index in [2.05, 4.69) is 5.32 Å². The molecule has 2 saturated heterocycles. The van der Waals surface area contributed by atoms with Crippen molar-refractivity contribution < 1.29 is 33.8 Å². The fourth-order valence-electron chi connectivity index (χ4n) is 6.87. The molecule has 2 fully saturated rings. The number of benzene rings is 2. The lowest BCUT2D eigenvalue weighted by Crippen LogP contribution is -2.57. The first-order valence-corrected chi connectivity index (χ1v) is 15.1. The van der Waals surface area contributed by atoms with Crippen LogP contribution < -0.4 is 5.32 Å². The van der Waals surface area contributed by atoms with E-state index in [4.69, 9.17) is 9.47 Å². The third-order valence-electron chi connectivity index (χ3n) is 9.03. The summed E-state index contributed by atoms with van der Waals surface area (Å²) >= 11 is 0. The van der Waals surface area contributed by atoms with E-state index in [-0.39, 0.29) is 44.5 Å². The van der Waals surface area contributed by atoms with Gasteiger partial charge in [0.15, 0.2) is 0 Å². The Bertz CT molecular complexity index is 1460. The standard InChI is InChI=1S/C34H37N3O7/c1-22(21-38)37-30-32(41)36(20-23-11-5-2-6-12-23)18-10-4-9-15-27(39)35-19-26(24-13-7-3-8-14-24)43-33(42)28-25-16-17-34(30,44-25)29(28)31(37)40/h2-8,10-14,16-17,22,25-26,28-30,38H,9,15,18-21H2,1H3,(H,35,39)/b10-4-/t22-,25-,26-,28+,29+,30-,34+/m1/s1. The predicted octanol–water partition coefficient (Wildman–Crippen LogP) is 2.30. The number of amides is 3. The van der Waals surface area contributed by atoms with Crippen molar-refractivity contribution in [2.45, 2.75) is 56.2 Å². The molecule has 0 aliphatic carbocycles. The Morgan fingerprint density at radius 1 is 1.00 bits per heavy atom. The van der Waals surface area contributed by atoms with E-state index in [1.165, 1.54) is 4.90 Å². The normalized spacial score (nSPS) is 31.9. The van der Waals surface area contributed by atoms with Crippen LogP contribution in [0.1, 0.15) is 37.0 Å². The predicted molar refractivity (Wildman–Crippen MR) is 159 cm³/mol. The summed E-state index contributed by atoms with van der Waals surface area (Å²) in [5.41, 5.74) is 0.209. The molecule has 0 unspecified atom stereocenters. The van der Waals surface area contributed by atoms with Crippen LogP contribution in [0, 0.1) is 11.8 Å². The molecular weight excluding hydrogens is 562 g/mol. The van der Waals surface area contributed by atoms with Gasteiger partial charge in [-0.15, -0.1) is 0 Å². The van der Waals surface area contributed by atoms with Crippen LogP contribution >= 0.6 is 0 Å². The van der Waals surface area contributed by atoms with Crippen LogP contribution in [0.2, 0.25) is 0 Å². The third kappa shape index (κ3) is 5.33. The number of nitrogens with one attached hydrogen (secondary N) is 1. The quantitative estimate of drug-likeness (QED) is 0.399. The number of cyclic esters (lactones) is 1. The lowest BCUT2D eigenvalue weighted by atomic mass is 9.74. The summed E-state index contributed by atoms with van der Waals surface area (Å²) in [4.78, 5) is 58.5. The Kier molecular flexibility index (Phi) is 8.38. The minimum absolute atomic E-state index is 0.0653. The van der Waals surface area contributed by atoms with E-state index in [0.29, 0.717) is 12.0 Å². The van der Waals surface area contributed by atoms with Gasteiger partial charge in [0.25, 0.3) is 0 Å². The lowest BCUT2D eigenvalue weighted by molar-refractivity contribution is -0.160. The van der Waals surface area contributed by atoms with Crippen LogP contribution in [-0.4, -0.2) is 82.1 Å². The number of allylic oxidation sites excluding steroid dienone is 1. The average molecular weight is 600 g/mol. The van der Waals surface area contributed by atoms with Crippen molar-refractivity contribution in [2.75, 3.05) is 19.7 Å². The number of hydrogen-bond acceptors (Lipinski definition) is 7. The Morgan fingerprint density at radius 2 is 1.73 bits per heavy atom. The second-order valence-electron chi connectivity index (χ2n) is 11.8. The van der Waals surface area contributed by atoms with Crippen molar-refractivity contribution in [1.29, 1.82) is 0 Å². The third-order valence-corrected chi connectivity index (χ3v) is 9.03. The van der Waals surface area contributed by atoms with Gasteiger partial charge in [0.05, 0.1) is 31.2 Å². The summed E-state index contributed by atoms with van der Waals surface area (Å²) in [7, 11) is 0. The molecule has 230 valence electrons. The molecule has 2 aromatic carbocycles. The summed E-state index contributed by atoms with van der Waals surface area (Å²) in [5.74, 6) is -3.62. The van der Waals surface area contributed by atoms with Gasteiger partial charge < -0.3 is 29.7 Å². The van der Waals surface area contributed by atoms with Gasteiger partial charge in [-0.05, 0) is 24.5 Å². The number of rotatable bonds is 5. The fraction of sp³-hybridized carbons (Fsp3) is 0.412. The number of ether oxygens (including phenoxy) is 2. The van der Waals surface area contributed by atoms with E-state index in [0.717, 1.165) is 5.56 Å². The van der Waals surface area contributed by atoms with Gasteiger partial charge in [0, 0.05) is 19.5 Å². The molecule has 0 radical (unpaired) electrons. The van der Waals surface area contributed by atoms with Crippen molar-refractivity contribution in [3.8, 4) is 0 Å². The fourth-order valence-corrected chi connectivity index (χ4v) is 6.87. The number of carbonyl (C=O) groups is 4. The SMILES string of the molecule is C[C@H](CO)N1C(=O)[C@@H]2[C@H]3C(=O)O[C@@H](c4ccccc4)CNC(=O)CC/C=C\CN(Cc4ccccc4)C(=O)[C@@H]1[C@]21C=C[C@H]3O1. The van der Waals surface area contributed by atoms with Crippen LogP contribution in [0.15, 0.2) is 85.0 Å². The summed E-state index contributed by atoms with van der Waals surface area (Å²) < 4.78 is 12.5. The van der Waals surface area contributed by atoms with Crippen LogP contribution in [0.3, 0.4) is 0 Å². The number of carbonyl (C=O) groups excluding carboxylic acids is 4. The number of esters is 1. The van der Waals surface area contributed by atoms with Gasteiger partial charge in [0.2, 0.25) is 17.7 Å². The molecule has 4 aliphatic heterocycles. The van der Waals surface area contributed by atoms with Gasteiger partial charge in [-0.1, -0.05) is 85.0 Å². The zero-order chi connectivity index (χ0) is 30.8. The first-order valence-electron chi connectivity index (χ1n) is 15.1. The average Bonchev–Trinajstić information content (AvgIpc) is 3.69. The molecule has 10 nitrogen and oxygen atoms in total. The lowest BCUT2D eigenvalue weighted by Gasteiger charge is -2.37. The van der Waals surface area contributed by atoms with E-state index >= 15 is 0 Å². The molecule has 2 aromatic rings. The largest absolute Gasteiger partial charge is 0.455 e. The molecule has 44 heavy (non-hydrogen) atoms. The monoisotopic (exact) mass is 599 g/mol. The van der Waals surface area contributed by atoms with Gasteiger partial charge in [-0.2, -0.15) is 0 Å². The van der Waals surface area contributed by atoms with Crippen LogP contribution in [-0.2, 0) is 35.2 Å². The molecule has 2 N–H and O–H groups in total. The number of hydrogen-bond donors (Lipinski definition) is 2. The zero-order valence-corrected chi connectivity index (χ0v) is 24.6. The van der Waals surface area contributed by atoms with Crippen LogP contribution in [0.5, 0.6) is 0 Å². The highest BCUT2D eigenvalue weighted by Gasteiger charge is 2.74. The topological polar surface area (TPSA) is 125 Å². The van der Waals surface area contributed by atoms with Crippen molar-refractivity contribution >= 4 is 23.7 Å². The Balaban J connectivity index is 1.41. The van der Waals surface area contributed by atoms with Crippen molar-refractivity contribution in [1.82, 2.24) is 15.1 Å². The highest BCUT2D eigenvalue weighted by molar-refractivity contribution is 5.99. The molecule has 6 rings (SSSR count). The molecular formula is C34H37N3O7. The Labute approximate surface area is 256 Å². The van der Waals surface area contributed by atoms with E-state index in [9.17, 15) is 24.3 Å². The first kappa shape index (κ1) is 29.8. The van der Waals surface area contributed by atoms with Crippen LogP contribution in [0.4, 0.5) is 0 Å². The molecule has 0 aromatic heterocycles.